The molecule has 3 amide bonds. The zero-order valence-corrected chi connectivity index (χ0v) is 21.3. The standard InChI is InChI=1S/C22H35N11O6/c1-11(34)17(33-18(35)14(23)3-2-4-28-22(24)25)20(37)31-15(5-12-7-26-9-29-12)19(36)32-16(21(38)39)6-13-8-27-10-30-13/h7-11,14-17,34H,2-6,23H2,1H3,(H,26,29)(H,27,30)(H,31,37)(H,32,36)(H,33,35)(H,38,39)(H4,24,25,28). The molecule has 13 N–H and O–H groups in total. The largest absolute Gasteiger partial charge is 0.480 e. The molecule has 2 rings (SSSR count). The van der Waals surface area contributed by atoms with Crippen LogP contribution in [0.4, 0.5) is 0 Å². The Bertz CT molecular complexity index is 1100. The number of aromatic amines is 2. The minimum Gasteiger partial charge on any atom is -0.480 e. The lowest BCUT2D eigenvalue weighted by atomic mass is 10.1. The Morgan fingerprint density at radius 1 is 0.949 bits per heavy atom. The molecule has 0 aromatic carbocycles. The predicted molar refractivity (Wildman–Crippen MR) is 138 cm³/mol. The van der Waals surface area contributed by atoms with Crippen molar-refractivity contribution in [3.8, 4) is 0 Å². The maximum atomic E-state index is 13.1. The van der Waals surface area contributed by atoms with Crippen molar-refractivity contribution in [2.24, 2.45) is 22.2 Å². The van der Waals surface area contributed by atoms with E-state index in [0.717, 1.165) is 0 Å². The molecule has 5 unspecified atom stereocenters. The molecular weight excluding hydrogens is 514 g/mol. The second kappa shape index (κ2) is 15.0. The molecule has 39 heavy (non-hydrogen) atoms. The second-order valence-electron chi connectivity index (χ2n) is 8.80. The van der Waals surface area contributed by atoms with Crippen molar-refractivity contribution in [2.75, 3.05) is 6.54 Å². The molecule has 0 saturated heterocycles. The number of hydrogen-bond donors (Lipinski definition) is 10. The Morgan fingerprint density at radius 3 is 2.00 bits per heavy atom. The number of H-pyrrole nitrogens is 2. The summed E-state index contributed by atoms with van der Waals surface area (Å²) < 4.78 is 0. The van der Waals surface area contributed by atoms with E-state index in [1.807, 2.05) is 0 Å². The fourth-order valence-corrected chi connectivity index (χ4v) is 3.49. The maximum Gasteiger partial charge on any atom is 0.326 e. The summed E-state index contributed by atoms with van der Waals surface area (Å²) in [5.41, 5.74) is 17.3. The number of carbonyl (C=O) groups is 4. The third-order valence-corrected chi connectivity index (χ3v) is 5.57. The van der Waals surface area contributed by atoms with Crippen LogP contribution < -0.4 is 33.2 Å². The predicted octanol–water partition coefficient (Wildman–Crippen LogP) is -3.78. The Hall–Kier alpha value is -4.51. The van der Waals surface area contributed by atoms with E-state index in [1.165, 1.54) is 32.0 Å². The van der Waals surface area contributed by atoms with Gasteiger partial charge in [0.1, 0.15) is 18.1 Å². The van der Waals surface area contributed by atoms with Crippen molar-refractivity contribution in [3.63, 3.8) is 0 Å². The van der Waals surface area contributed by atoms with Gasteiger partial charge in [-0.15, -0.1) is 0 Å². The highest BCUT2D eigenvalue weighted by atomic mass is 16.4. The van der Waals surface area contributed by atoms with Gasteiger partial charge in [-0.2, -0.15) is 0 Å². The van der Waals surface area contributed by atoms with Gasteiger partial charge in [0.2, 0.25) is 17.7 Å². The zero-order chi connectivity index (χ0) is 28.9. The highest BCUT2D eigenvalue weighted by Crippen LogP contribution is 2.05. The molecule has 17 heteroatoms. The first kappa shape index (κ1) is 30.7. The summed E-state index contributed by atoms with van der Waals surface area (Å²) in [7, 11) is 0. The number of aromatic nitrogens is 4. The molecule has 2 aromatic heterocycles. The molecule has 17 nitrogen and oxygen atoms in total. The minimum atomic E-state index is -1.46. The van der Waals surface area contributed by atoms with Gasteiger partial charge in [0.25, 0.3) is 0 Å². The third kappa shape index (κ3) is 10.4. The summed E-state index contributed by atoms with van der Waals surface area (Å²) in [6, 6.07) is -5.09. The number of carboxylic acid groups (broad SMARTS) is 1. The maximum absolute atomic E-state index is 13.1. The number of carbonyl (C=O) groups excluding carboxylic acids is 3. The molecule has 0 radical (unpaired) electrons. The molecule has 0 aliphatic carbocycles. The van der Waals surface area contributed by atoms with E-state index in [4.69, 9.17) is 17.2 Å². The summed E-state index contributed by atoms with van der Waals surface area (Å²) in [5.74, 6) is -3.79. The number of aliphatic hydroxyl groups is 1. The van der Waals surface area contributed by atoms with Crippen LogP contribution in [0.5, 0.6) is 0 Å². The van der Waals surface area contributed by atoms with Crippen LogP contribution in [0.1, 0.15) is 31.2 Å². The Balaban J connectivity index is 2.10. The van der Waals surface area contributed by atoms with Crippen LogP contribution in [-0.4, -0.2) is 96.6 Å². The van der Waals surface area contributed by atoms with Crippen LogP contribution >= 0.6 is 0 Å². The van der Waals surface area contributed by atoms with Crippen LogP contribution in [0.15, 0.2) is 30.0 Å². The van der Waals surface area contributed by atoms with Gasteiger partial charge >= 0.3 is 5.97 Å². The van der Waals surface area contributed by atoms with Crippen LogP contribution in [0.2, 0.25) is 0 Å². The third-order valence-electron chi connectivity index (χ3n) is 5.57. The molecule has 0 fully saturated rings. The monoisotopic (exact) mass is 549 g/mol. The van der Waals surface area contributed by atoms with E-state index in [2.05, 4.69) is 40.9 Å². The van der Waals surface area contributed by atoms with Gasteiger partial charge in [0.15, 0.2) is 5.96 Å². The van der Waals surface area contributed by atoms with E-state index in [-0.39, 0.29) is 31.8 Å². The number of hydrogen-bond acceptors (Lipinski definition) is 9. The van der Waals surface area contributed by atoms with Crippen molar-refractivity contribution in [2.45, 2.75) is 62.9 Å². The number of aliphatic hydroxyl groups excluding tert-OH is 1. The molecule has 0 aliphatic rings. The molecule has 5 atom stereocenters. The molecule has 0 aliphatic heterocycles. The van der Waals surface area contributed by atoms with Crippen molar-refractivity contribution in [1.29, 1.82) is 0 Å². The number of nitrogens with one attached hydrogen (secondary N) is 5. The van der Waals surface area contributed by atoms with Gasteiger partial charge in [0, 0.05) is 43.2 Å². The SMILES string of the molecule is CC(O)C(NC(=O)C(N)CCCN=C(N)N)C(=O)NC(Cc1cnc[nH]1)C(=O)NC(Cc1cnc[nH]1)C(=O)O. The molecule has 2 heterocycles. The number of nitrogens with two attached hydrogens (primary N) is 3. The molecular formula is C22H35N11O6. The van der Waals surface area contributed by atoms with Gasteiger partial charge in [-0.3, -0.25) is 19.4 Å². The molecule has 0 spiro atoms. The number of rotatable bonds is 16. The average molecular weight is 550 g/mol. The summed E-state index contributed by atoms with van der Waals surface area (Å²) in [4.78, 5) is 67.6. The lowest BCUT2D eigenvalue weighted by Crippen LogP contribution is -2.60. The second-order valence-corrected chi connectivity index (χ2v) is 8.80. The lowest BCUT2D eigenvalue weighted by molar-refractivity contribution is -0.142. The first-order chi connectivity index (χ1) is 18.5. The summed E-state index contributed by atoms with van der Waals surface area (Å²) in [6.07, 6.45) is 4.68. The van der Waals surface area contributed by atoms with Gasteiger partial charge in [-0.1, -0.05) is 0 Å². The number of guanidine groups is 1. The molecule has 2 aromatic rings. The summed E-state index contributed by atoms with van der Waals surface area (Å²) >= 11 is 0. The first-order valence-corrected chi connectivity index (χ1v) is 12.0. The van der Waals surface area contributed by atoms with Crippen LogP contribution in [0, 0.1) is 0 Å². The minimum absolute atomic E-state index is 0.0841. The van der Waals surface area contributed by atoms with Crippen molar-refractivity contribution in [1.82, 2.24) is 35.9 Å². The number of imidazole rings is 2. The molecule has 0 bridgehead atoms. The smallest absolute Gasteiger partial charge is 0.326 e. The van der Waals surface area contributed by atoms with E-state index in [0.29, 0.717) is 17.8 Å². The average Bonchev–Trinajstić information content (AvgIpc) is 3.58. The van der Waals surface area contributed by atoms with Crippen LogP contribution in [0.3, 0.4) is 0 Å². The summed E-state index contributed by atoms with van der Waals surface area (Å²) in [6.45, 7) is 1.54. The first-order valence-electron chi connectivity index (χ1n) is 12.0. The molecule has 214 valence electrons. The van der Waals surface area contributed by atoms with Crippen molar-refractivity contribution < 1.29 is 29.4 Å². The highest BCUT2D eigenvalue weighted by molar-refractivity contribution is 5.94. The highest BCUT2D eigenvalue weighted by Gasteiger charge is 2.33. The number of nitrogens with zero attached hydrogens (tertiary/aromatic N) is 3. The number of aliphatic imine (C=N–C) groups is 1. The molecule has 0 saturated carbocycles. The van der Waals surface area contributed by atoms with Gasteiger partial charge in [0.05, 0.1) is 24.8 Å². The quantitative estimate of drug-likeness (QED) is 0.0550. The summed E-state index contributed by atoms with van der Waals surface area (Å²) in [5, 5.41) is 27.1. The van der Waals surface area contributed by atoms with Gasteiger partial charge in [-0.25, -0.2) is 14.8 Å². The van der Waals surface area contributed by atoms with E-state index < -0.39 is 54.0 Å². The normalized spacial score (nSPS) is 14.7. The topological polar surface area (TPSA) is 293 Å². The van der Waals surface area contributed by atoms with Crippen LogP contribution in [0.25, 0.3) is 0 Å². The Kier molecular flexibility index (Phi) is 11.8. The van der Waals surface area contributed by atoms with Crippen molar-refractivity contribution >= 4 is 29.7 Å². The number of carboxylic acids is 1. The lowest BCUT2D eigenvalue weighted by Gasteiger charge is -2.26. The van der Waals surface area contributed by atoms with E-state index in [9.17, 15) is 29.4 Å². The van der Waals surface area contributed by atoms with Crippen molar-refractivity contribution in [3.05, 3.63) is 36.4 Å². The van der Waals surface area contributed by atoms with Gasteiger partial charge < -0.3 is 53.3 Å². The van der Waals surface area contributed by atoms with E-state index in [1.54, 1.807) is 0 Å². The zero-order valence-electron chi connectivity index (χ0n) is 21.3. The Morgan fingerprint density at radius 2 is 1.51 bits per heavy atom. The van der Waals surface area contributed by atoms with Gasteiger partial charge in [-0.05, 0) is 19.8 Å². The van der Waals surface area contributed by atoms with Crippen LogP contribution in [-0.2, 0) is 32.0 Å². The number of aliphatic carboxylic acids is 1. The number of amides is 3. The fourth-order valence-electron chi connectivity index (χ4n) is 3.49. The fraction of sp³-hybridized carbons (Fsp3) is 0.500. The van der Waals surface area contributed by atoms with E-state index >= 15 is 0 Å². The Labute approximate surface area is 223 Å².